The molecule has 1 aliphatic heterocycles. The Morgan fingerprint density at radius 2 is 1.85 bits per heavy atom. The van der Waals surface area contributed by atoms with Crippen molar-refractivity contribution in [3.8, 4) is 0 Å². The normalized spacial score (nSPS) is 18.7. The number of nitrogens with two attached hydrogens (primary N) is 1. The number of carbonyl (C=O) groups is 1. The molecule has 1 amide bonds. The Bertz CT molecular complexity index is 1060. The van der Waals surface area contributed by atoms with Crippen LogP contribution in [-0.4, -0.2) is 46.6 Å². The highest BCUT2D eigenvalue weighted by molar-refractivity contribution is 5.94. The third-order valence-electron chi connectivity index (χ3n) is 6.44. The smallest absolute Gasteiger partial charge is 0.253 e. The van der Waals surface area contributed by atoms with Gasteiger partial charge in [0, 0.05) is 30.6 Å². The number of aromatic nitrogens is 1. The average molecular weight is 445 g/mol. The van der Waals surface area contributed by atoms with Gasteiger partial charge in [-0.2, -0.15) is 0 Å². The van der Waals surface area contributed by atoms with Crippen LogP contribution in [0.3, 0.4) is 0 Å². The first-order chi connectivity index (χ1) is 16.0. The predicted molar refractivity (Wildman–Crippen MR) is 131 cm³/mol. The minimum absolute atomic E-state index is 0.0431. The summed E-state index contributed by atoms with van der Waals surface area (Å²) in [6, 6.07) is 24.2. The van der Waals surface area contributed by atoms with Crippen molar-refractivity contribution in [1.82, 2.24) is 15.2 Å². The van der Waals surface area contributed by atoms with Crippen molar-refractivity contribution in [3.63, 3.8) is 0 Å². The molecule has 3 aromatic rings. The van der Waals surface area contributed by atoms with Crippen LogP contribution in [0.25, 0.3) is 0 Å². The van der Waals surface area contributed by atoms with Gasteiger partial charge in [-0.3, -0.25) is 4.79 Å². The van der Waals surface area contributed by atoms with Crippen molar-refractivity contribution in [2.45, 2.75) is 43.8 Å². The molecular formula is C27H32N4O2. The van der Waals surface area contributed by atoms with Crippen LogP contribution >= 0.6 is 0 Å². The van der Waals surface area contributed by atoms with Crippen LogP contribution in [0.2, 0.25) is 0 Å². The monoisotopic (exact) mass is 444 g/mol. The molecule has 0 aliphatic carbocycles. The lowest BCUT2D eigenvalue weighted by Gasteiger charge is -2.23. The van der Waals surface area contributed by atoms with Crippen LogP contribution in [0.5, 0.6) is 0 Å². The quantitative estimate of drug-likeness (QED) is 0.496. The fraction of sp³-hybridized carbons (Fsp3) is 0.333. The topological polar surface area (TPSA) is 91.5 Å². The van der Waals surface area contributed by atoms with Crippen LogP contribution in [-0.2, 0) is 13.0 Å². The highest BCUT2D eigenvalue weighted by atomic mass is 16.3. The van der Waals surface area contributed by atoms with E-state index in [-0.39, 0.29) is 24.5 Å². The van der Waals surface area contributed by atoms with Crippen molar-refractivity contribution in [3.05, 3.63) is 95.2 Å². The molecule has 33 heavy (non-hydrogen) atoms. The molecule has 0 radical (unpaired) electrons. The second kappa shape index (κ2) is 10.6. The fourth-order valence-corrected chi connectivity index (χ4v) is 4.68. The van der Waals surface area contributed by atoms with E-state index in [1.54, 1.807) is 18.0 Å². The maximum absolute atomic E-state index is 12.8. The lowest BCUT2D eigenvalue weighted by atomic mass is 9.91. The van der Waals surface area contributed by atoms with Crippen LogP contribution in [0, 0.1) is 0 Å². The Labute approximate surface area is 195 Å². The van der Waals surface area contributed by atoms with Gasteiger partial charge in [-0.1, -0.05) is 48.5 Å². The highest BCUT2D eigenvalue weighted by Crippen LogP contribution is 2.28. The molecule has 6 nitrogen and oxygen atoms in total. The van der Waals surface area contributed by atoms with Gasteiger partial charge in [0.1, 0.15) is 5.82 Å². The standard InChI is InChI=1S/C27H32N4O2/c1-31(17-23-8-5-9-26(28)30-23)27(33)21-12-10-19(11-13-21)16-22-14-15-25(29-22)24(18-32)20-6-3-2-4-7-20/h2-13,22,24-25,29,32H,14-18H2,1H3,(H2,28,30)/t22?,24-,25-/m1/s1. The van der Waals surface area contributed by atoms with Gasteiger partial charge in [-0.25, -0.2) is 4.98 Å². The first-order valence-electron chi connectivity index (χ1n) is 11.5. The molecule has 0 spiro atoms. The number of nitrogens with zero attached hydrogens (tertiary/aromatic N) is 2. The van der Waals surface area contributed by atoms with Crippen molar-refractivity contribution < 1.29 is 9.90 Å². The fourth-order valence-electron chi connectivity index (χ4n) is 4.68. The van der Waals surface area contributed by atoms with Gasteiger partial charge in [0.15, 0.2) is 0 Å². The Morgan fingerprint density at radius 1 is 1.09 bits per heavy atom. The van der Waals surface area contributed by atoms with E-state index in [0.29, 0.717) is 24.0 Å². The van der Waals surface area contributed by atoms with Gasteiger partial charge in [-0.05, 0) is 54.7 Å². The number of aliphatic hydroxyl groups is 1. The molecule has 2 aromatic carbocycles. The molecule has 4 rings (SSSR count). The highest BCUT2D eigenvalue weighted by Gasteiger charge is 2.30. The van der Waals surface area contributed by atoms with Crippen LogP contribution in [0.15, 0.2) is 72.8 Å². The van der Waals surface area contributed by atoms with Crippen molar-refractivity contribution >= 4 is 11.7 Å². The van der Waals surface area contributed by atoms with E-state index < -0.39 is 0 Å². The molecule has 1 aromatic heterocycles. The molecular weight excluding hydrogens is 412 g/mol. The van der Waals surface area contributed by atoms with Gasteiger partial charge in [0.25, 0.3) is 5.91 Å². The summed E-state index contributed by atoms with van der Waals surface area (Å²) >= 11 is 0. The molecule has 2 heterocycles. The minimum Gasteiger partial charge on any atom is -0.396 e. The summed E-state index contributed by atoms with van der Waals surface area (Å²) in [5, 5.41) is 13.7. The Morgan fingerprint density at radius 3 is 2.55 bits per heavy atom. The van der Waals surface area contributed by atoms with Crippen LogP contribution in [0.4, 0.5) is 5.82 Å². The van der Waals surface area contributed by atoms with E-state index in [1.807, 2.05) is 54.6 Å². The summed E-state index contributed by atoms with van der Waals surface area (Å²) in [6.07, 6.45) is 3.02. The Hall–Kier alpha value is -3.22. The largest absolute Gasteiger partial charge is 0.396 e. The second-order valence-corrected chi connectivity index (χ2v) is 8.86. The van der Waals surface area contributed by atoms with Gasteiger partial charge in [0.2, 0.25) is 0 Å². The summed E-state index contributed by atoms with van der Waals surface area (Å²) in [5.74, 6) is 0.522. The number of benzene rings is 2. The predicted octanol–water partition coefficient (Wildman–Crippen LogP) is 3.38. The maximum atomic E-state index is 12.8. The number of nitrogens with one attached hydrogen (secondary N) is 1. The third kappa shape index (κ3) is 5.78. The van der Waals surface area contributed by atoms with Crippen LogP contribution in [0.1, 0.15) is 45.9 Å². The van der Waals surface area contributed by atoms with Crippen molar-refractivity contribution in [2.75, 3.05) is 19.4 Å². The first-order valence-corrected chi connectivity index (χ1v) is 11.5. The molecule has 6 heteroatoms. The van der Waals surface area contributed by atoms with E-state index in [9.17, 15) is 9.90 Å². The zero-order valence-corrected chi connectivity index (χ0v) is 19.0. The molecule has 1 saturated heterocycles. The number of aliphatic hydroxyl groups excluding tert-OH is 1. The molecule has 172 valence electrons. The maximum Gasteiger partial charge on any atom is 0.253 e. The molecule has 0 bridgehead atoms. The lowest BCUT2D eigenvalue weighted by Crippen LogP contribution is -2.36. The SMILES string of the molecule is CN(Cc1cccc(N)n1)C(=O)c1ccc(CC2CC[C@H]([C@H](CO)c3ccccc3)N2)cc1. The molecule has 1 unspecified atom stereocenters. The Balaban J connectivity index is 1.32. The molecule has 3 atom stereocenters. The van der Waals surface area contributed by atoms with Crippen molar-refractivity contribution in [2.24, 2.45) is 0 Å². The number of amides is 1. The van der Waals surface area contributed by atoms with Gasteiger partial charge in [-0.15, -0.1) is 0 Å². The number of anilines is 1. The lowest BCUT2D eigenvalue weighted by molar-refractivity contribution is 0.0783. The average Bonchev–Trinajstić information content (AvgIpc) is 3.28. The Kier molecular flexibility index (Phi) is 7.37. The molecule has 0 saturated carbocycles. The van der Waals surface area contributed by atoms with Gasteiger partial charge >= 0.3 is 0 Å². The number of pyridine rings is 1. The number of hydrogen-bond acceptors (Lipinski definition) is 5. The van der Waals surface area contributed by atoms with Crippen LogP contribution < -0.4 is 11.1 Å². The summed E-state index contributed by atoms with van der Waals surface area (Å²) in [6.45, 7) is 0.552. The van der Waals surface area contributed by atoms with Gasteiger partial charge in [0.05, 0.1) is 18.8 Å². The third-order valence-corrected chi connectivity index (χ3v) is 6.44. The van der Waals surface area contributed by atoms with E-state index in [0.717, 1.165) is 25.0 Å². The molecule has 1 fully saturated rings. The molecule has 4 N–H and O–H groups in total. The van der Waals surface area contributed by atoms with E-state index in [2.05, 4.69) is 22.4 Å². The summed E-state index contributed by atoms with van der Waals surface area (Å²) < 4.78 is 0. The van der Waals surface area contributed by atoms with E-state index >= 15 is 0 Å². The number of carbonyl (C=O) groups excluding carboxylic acids is 1. The van der Waals surface area contributed by atoms with Crippen molar-refractivity contribution in [1.29, 1.82) is 0 Å². The second-order valence-electron chi connectivity index (χ2n) is 8.86. The summed E-state index contributed by atoms with van der Waals surface area (Å²) in [4.78, 5) is 18.7. The zero-order chi connectivity index (χ0) is 23.2. The van der Waals surface area contributed by atoms with Gasteiger partial charge < -0.3 is 21.1 Å². The number of nitrogen functional groups attached to an aromatic ring is 1. The number of rotatable bonds is 8. The minimum atomic E-state index is -0.0431. The number of hydrogen-bond donors (Lipinski definition) is 3. The first kappa shape index (κ1) is 23.0. The molecule has 1 aliphatic rings. The summed E-state index contributed by atoms with van der Waals surface area (Å²) in [5.41, 5.74) is 9.54. The van der Waals surface area contributed by atoms with E-state index in [1.165, 1.54) is 11.1 Å². The van der Waals surface area contributed by atoms with E-state index in [4.69, 9.17) is 5.73 Å². The summed E-state index contributed by atoms with van der Waals surface area (Å²) in [7, 11) is 1.77. The zero-order valence-electron chi connectivity index (χ0n) is 19.0.